The summed E-state index contributed by atoms with van der Waals surface area (Å²) in [5.41, 5.74) is 0.0186. The molecule has 1 aliphatic carbocycles. The van der Waals surface area contributed by atoms with Crippen molar-refractivity contribution in [1.29, 1.82) is 0 Å². The highest BCUT2D eigenvalue weighted by Crippen LogP contribution is 2.31. The number of aromatic nitrogens is 1. The van der Waals surface area contributed by atoms with Crippen LogP contribution in [0.3, 0.4) is 0 Å². The fraction of sp³-hybridized carbons (Fsp3) is 0.692. The van der Waals surface area contributed by atoms with E-state index in [-0.39, 0.29) is 12.5 Å². The summed E-state index contributed by atoms with van der Waals surface area (Å²) in [6, 6.07) is 0. The number of aliphatic hydroxyl groups is 1. The van der Waals surface area contributed by atoms with Crippen molar-refractivity contribution in [3.8, 4) is 0 Å². The first-order chi connectivity index (χ1) is 8.54. The van der Waals surface area contributed by atoms with E-state index in [9.17, 15) is 9.90 Å². The molecule has 1 heterocycles. The lowest BCUT2D eigenvalue weighted by Gasteiger charge is -2.38. The molecule has 1 aliphatic rings. The zero-order chi connectivity index (χ0) is 13.2. The van der Waals surface area contributed by atoms with Gasteiger partial charge in [0.2, 0.25) is 0 Å². The van der Waals surface area contributed by atoms with Gasteiger partial charge in [-0.25, -0.2) is 4.98 Å². The van der Waals surface area contributed by atoms with Crippen molar-refractivity contribution in [3.63, 3.8) is 0 Å². The highest BCUT2D eigenvalue weighted by molar-refractivity contribution is 7.09. The molecule has 1 aromatic heterocycles. The first kappa shape index (κ1) is 13.5. The Morgan fingerprint density at radius 1 is 1.61 bits per heavy atom. The first-order valence-corrected chi connectivity index (χ1v) is 7.28. The summed E-state index contributed by atoms with van der Waals surface area (Å²) in [6.45, 7) is 4.10. The minimum atomic E-state index is -0.443. The Labute approximate surface area is 111 Å². The third kappa shape index (κ3) is 2.90. The van der Waals surface area contributed by atoms with Crippen LogP contribution in [0.4, 0.5) is 0 Å². The Kier molecular flexibility index (Phi) is 4.02. The van der Waals surface area contributed by atoms with Crippen molar-refractivity contribution in [1.82, 2.24) is 10.3 Å². The Bertz CT molecular complexity index is 422. The smallest absolute Gasteiger partial charge is 0.271 e. The molecule has 0 atom stereocenters. The van der Waals surface area contributed by atoms with E-state index in [0.29, 0.717) is 11.6 Å². The summed E-state index contributed by atoms with van der Waals surface area (Å²) in [6.07, 6.45) is 3.80. The maximum absolute atomic E-state index is 12.1. The summed E-state index contributed by atoms with van der Waals surface area (Å²) in [7, 11) is 0. The number of amides is 1. The third-order valence-corrected chi connectivity index (χ3v) is 4.54. The summed E-state index contributed by atoms with van der Waals surface area (Å²) in [5, 5.41) is 15.2. The lowest BCUT2D eigenvalue weighted by atomic mass is 9.77. The Morgan fingerprint density at radius 3 is 2.78 bits per heavy atom. The molecule has 0 bridgehead atoms. The molecule has 1 saturated carbocycles. The molecule has 0 radical (unpaired) electrons. The van der Waals surface area contributed by atoms with Gasteiger partial charge in [-0.1, -0.05) is 6.92 Å². The monoisotopic (exact) mass is 268 g/mol. The molecule has 2 N–H and O–H groups in total. The highest BCUT2D eigenvalue weighted by Gasteiger charge is 2.35. The number of carbonyl (C=O) groups is 1. The van der Waals surface area contributed by atoms with Gasteiger partial charge in [0.1, 0.15) is 5.69 Å². The van der Waals surface area contributed by atoms with Crippen LogP contribution >= 0.6 is 11.3 Å². The van der Waals surface area contributed by atoms with Gasteiger partial charge in [-0.3, -0.25) is 4.79 Å². The van der Waals surface area contributed by atoms with Crippen LogP contribution < -0.4 is 5.32 Å². The minimum Gasteiger partial charge on any atom is -0.394 e. The van der Waals surface area contributed by atoms with E-state index in [1.54, 1.807) is 5.38 Å². The lowest BCUT2D eigenvalue weighted by Crippen LogP contribution is -2.53. The fourth-order valence-corrected chi connectivity index (χ4v) is 3.00. The number of hydrogen-bond donors (Lipinski definition) is 2. The molecule has 0 unspecified atom stereocenters. The second kappa shape index (κ2) is 5.36. The summed E-state index contributed by atoms with van der Waals surface area (Å²) in [5.74, 6) is 0.519. The summed E-state index contributed by atoms with van der Waals surface area (Å²) < 4.78 is 0. The van der Waals surface area contributed by atoms with Crippen molar-refractivity contribution in [2.24, 2.45) is 5.92 Å². The predicted octanol–water partition coefficient (Wildman–Crippen LogP) is 2.12. The van der Waals surface area contributed by atoms with Gasteiger partial charge in [0, 0.05) is 5.38 Å². The van der Waals surface area contributed by atoms with E-state index in [4.69, 9.17) is 0 Å². The number of aliphatic hydroxyl groups excluding tert-OH is 1. The van der Waals surface area contributed by atoms with Gasteiger partial charge in [-0.2, -0.15) is 0 Å². The SMILES string of the molecule is Cc1nc(C(=O)NC2(CO)CCC(C)CC2)cs1. The Hall–Kier alpha value is -0.940. The molecule has 100 valence electrons. The second-order valence-corrected chi connectivity index (χ2v) is 6.39. The van der Waals surface area contributed by atoms with Crippen molar-refractivity contribution in [3.05, 3.63) is 16.1 Å². The van der Waals surface area contributed by atoms with Crippen molar-refractivity contribution < 1.29 is 9.90 Å². The predicted molar refractivity (Wildman–Crippen MR) is 71.8 cm³/mol. The maximum Gasteiger partial charge on any atom is 0.271 e. The number of hydrogen-bond acceptors (Lipinski definition) is 4. The third-order valence-electron chi connectivity index (χ3n) is 3.76. The Morgan fingerprint density at radius 2 is 2.28 bits per heavy atom. The number of rotatable bonds is 3. The molecule has 1 amide bonds. The van der Waals surface area contributed by atoms with E-state index in [1.165, 1.54) is 11.3 Å². The van der Waals surface area contributed by atoms with Crippen LogP contribution in [0, 0.1) is 12.8 Å². The molecule has 0 aromatic carbocycles. The van der Waals surface area contributed by atoms with E-state index in [2.05, 4.69) is 17.2 Å². The van der Waals surface area contributed by atoms with Gasteiger partial charge < -0.3 is 10.4 Å². The molecule has 4 nitrogen and oxygen atoms in total. The standard InChI is InChI=1S/C13H20N2O2S/c1-9-3-5-13(8-16,6-4-9)15-12(17)11-7-18-10(2)14-11/h7,9,16H,3-6,8H2,1-2H3,(H,15,17). The first-order valence-electron chi connectivity index (χ1n) is 6.40. The highest BCUT2D eigenvalue weighted by atomic mass is 32.1. The number of carbonyl (C=O) groups excluding carboxylic acids is 1. The van der Waals surface area contributed by atoms with Crippen molar-refractivity contribution >= 4 is 17.2 Å². The Balaban J connectivity index is 2.04. The van der Waals surface area contributed by atoms with Crippen LogP contribution in [0.25, 0.3) is 0 Å². The number of nitrogens with one attached hydrogen (secondary N) is 1. The molecule has 18 heavy (non-hydrogen) atoms. The number of aryl methyl sites for hydroxylation is 1. The summed E-state index contributed by atoms with van der Waals surface area (Å²) in [4.78, 5) is 16.3. The van der Waals surface area contributed by atoms with Gasteiger partial charge in [-0.05, 0) is 38.5 Å². The van der Waals surface area contributed by atoms with Crippen LogP contribution in [0.15, 0.2) is 5.38 Å². The van der Waals surface area contributed by atoms with Crippen LogP contribution in [0.2, 0.25) is 0 Å². The van der Waals surface area contributed by atoms with Gasteiger partial charge in [-0.15, -0.1) is 11.3 Å². The molecule has 1 aromatic rings. The molecule has 0 aliphatic heterocycles. The average molecular weight is 268 g/mol. The van der Waals surface area contributed by atoms with Gasteiger partial charge in [0.05, 0.1) is 17.2 Å². The van der Waals surface area contributed by atoms with Gasteiger partial charge in [0.15, 0.2) is 0 Å². The number of thiazole rings is 1. The number of nitrogens with zero attached hydrogens (tertiary/aromatic N) is 1. The van der Waals surface area contributed by atoms with Gasteiger partial charge >= 0.3 is 0 Å². The molecular weight excluding hydrogens is 248 g/mol. The van der Waals surface area contributed by atoms with E-state index >= 15 is 0 Å². The van der Waals surface area contributed by atoms with Crippen LogP contribution in [0.5, 0.6) is 0 Å². The summed E-state index contributed by atoms with van der Waals surface area (Å²) >= 11 is 1.47. The fourth-order valence-electron chi connectivity index (χ4n) is 2.41. The molecule has 2 rings (SSSR count). The molecule has 0 spiro atoms. The molecular formula is C13H20N2O2S. The van der Waals surface area contributed by atoms with E-state index < -0.39 is 5.54 Å². The van der Waals surface area contributed by atoms with Crippen molar-refractivity contribution in [2.45, 2.75) is 45.1 Å². The average Bonchev–Trinajstić information content (AvgIpc) is 2.79. The van der Waals surface area contributed by atoms with Crippen LogP contribution in [-0.2, 0) is 0 Å². The van der Waals surface area contributed by atoms with Crippen LogP contribution in [-0.4, -0.2) is 28.1 Å². The lowest BCUT2D eigenvalue weighted by molar-refractivity contribution is 0.0713. The maximum atomic E-state index is 12.1. The minimum absolute atomic E-state index is 0.00851. The zero-order valence-corrected chi connectivity index (χ0v) is 11.7. The quantitative estimate of drug-likeness (QED) is 0.882. The normalized spacial score (nSPS) is 28.1. The topological polar surface area (TPSA) is 62.2 Å². The molecule has 1 fully saturated rings. The van der Waals surface area contributed by atoms with Crippen LogP contribution in [0.1, 0.15) is 48.1 Å². The van der Waals surface area contributed by atoms with Crippen molar-refractivity contribution in [2.75, 3.05) is 6.61 Å². The van der Waals surface area contributed by atoms with E-state index in [0.717, 1.165) is 30.7 Å². The molecule has 5 heteroatoms. The van der Waals surface area contributed by atoms with Gasteiger partial charge in [0.25, 0.3) is 5.91 Å². The second-order valence-electron chi connectivity index (χ2n) is 5.33. The zero-order valence-electron chi connectivity index (χ0n) is 10.9. The van der Waals surface area contributed by atoms with E-state index in [1.807, 2.05) is 6.92 Å². The largest absolute Gasteiger partial charge is 0.394 e. The molecule has 0 saturated heterocycles.